The molecule has 5 heteroatoms. The molecule has 1 aromatic rings. The number of carbonyl (C=O) groups excluding carboxylic acids is 1. The molecule has 3 rings (SSSR count). The maximum absolute atomic E-state index is 12.1. The van der Waals surface area contributed by atoms with Gasteiger partial charge in [0, 0.05) is 29.7 Å². The molecule has 100 valence electrons. The van der Waals surface area contributed by atoms with Crippen LogP contribution in [0.5, 0.6) is 0 Å². The average Bonchev–Trinajstić information content (AvgIpc) is 2.82. The summed E-state index contributed by atoms with van der Waals surface area (Å²) in [6.07, 6.45) is 0. The molecule has 0 atom stereocenters. The van der Waals surface area contributed by atoms with Crippen LogP contribution < -0.4 is 5.32 Å². The zero-order valence-corrected chi connectivity index (χ0v) is 12.1. The number of nitrogens with one attached hydrogen (secondary N) is 1. The van der Waals surface area contributed by atoms with E-state index < -0.39 is 0 Å². The van der Waals surface area contributed by atoms with Crippen LogP contribution in [0.15, 0.2) is 34.4 Å². The summed E-state index contributed by atoms with van der Waals surface area (Å²) in [5.41, 5.74) is 2.99. The Kier molecular flexibility index (Phi) is 3.57. The van der Waals surface area contributed by atoms with Gasteiger partial charge in [-0.15, -0.1) is 0 Å². The Labute approximate surface area is 120 Å². The van der Waals surface area contributed by atoms with Gasteiger partial charge in [0.2, 0.25) is 0 Å². The second-order valence-electron chi connectivity index (χ2n) is 4.62. The van der Waals surface area contributed by atoms with E-state index in [1.165, 1.54) is 0 Å². The van der Waals surface area contributed by atoms with Crippen molar-refractivity contribution in [3.8, 4) is 0 Å². The van der Waals surface area contributed by atoms with Gasteiger partial charge in [0.05, 0.1) is 13.2 Å². The van der Waals surface area contributed by atoms with E-state index in [4.69, 9.17) is 4.74 Å². The summed E-state index contributed by atoms with van der Waals surface area (Å²) in [5, 5.41) is 2.92. The van der Waals surface area contributed by atoms with Crippen molar-refractivity contribution in [1.29, 1.82) is 0 Å². The topological polar surface area (TPSA) is 41.6 Å². The largest absolute Gasteiger partial charge is 0.378 e. The highest BCUT2D eigenvalue weighted by Crippen LogP contribution is 2.27. The first-order valence-corrected chi connectivity index (χ1v) is 7.15. The van der Waals surface area contributed by atoms with Crippen LogP contribution in [0, 0.1) is 0 Å². The lowest BCUT2D eigenvalue weighted by molar-refractivity contribution is -0.118. The molecule has 0 radical (unpaired) electrons. The molecule has 4 nitrogen and oxygen atoms in total. The number of halogens is 1. The van der Waals surface area contributed by atoms with Gasteiger partial charge in [0.25, 0.3) is 5.91 Å². The zero-order valence-electron chi connectivity index (χ0n) is 10.5. The highest BCUT2D eigenvalue weighted by atomic mass is 79.9. The van der Waals surface area contributed by atoms with Crippen molar-refractivity contribution in [2.24, 2.45) is 0 Å². The summed E-state index contributed by atoms with van der Waals surface area (Å²) in [6, 6.07) is 8.09. The molecule has 1 fully saturated rings. The Hall–Kier alpha value is -1.33. The molecule has 0 unspecified atom stereocenters. The number of rotatable bonds is 2. The van der Waals surface area contributed by atoms with Crippen molar-refractivity contribution in [1.82, 2.24) is 10.2 Å². The quantitative estimate of drug-likeness (QED) is 0.899. The second-order valence-corrected chi connectivity index (χ2v) is 5.53. The van der Waals surface area contributed by atoms with Crippen molar-refractivity contribution >= 4 is 27.4 Å². The van der Waals surface area contributed by atoms with Gasteiger partial charge in [0.1, 0.15) is 5.70 Å². The van der Waals surface area contributed by atoms with Gasteiger partial charge in [-0.3, -0.25) is 4.79 Å². The van der Waals surface area contributed by atoms with Crippen molar-refractivity contribution in [3.05, 3.63) is 40.0 Å². The van der Waals surface area contributed by atoms with Gasteiger partial charge in [-0.25, -0.2) is 0 Å². The number of carbonyl (C=O) groups is 1. The molecule has 2 aliphatic rings. The van der Waals surface area contributed by atoms with E-state index in [-0.39, 0.29) is 5.91 Å². The number of nitrogens with zero attached hydrogens (tertiary/aromatic N) is 1. The first kappa shape index (κ1) is 12.7. The fourth-order valence-electron chi connectivity index (χ4n) is 2.48. The molecule has 0 spiro atoms. The third-order valence-electron chi connectivity index (χ3n) is 3.45. The maximum Gasteiger partial charge on any atom is 0.268 e. The van der Waals surface area contributed by atoms with Crippen molar-refractivity contribution < 1.29 is 9.53 Å². The number of hydrogen-bond donors (Lipinski definition) is 1. The Bertz CT molecular complexity index is 519. The number of morpholine rings is 1. The molecule has 2 aliphatic heterocycles. The SMILES string of the molecule is O=C1NCC(c2ccc(Br)cc2)=C1N1CCOCC1. The summed E-state index contributed by atoms with van der Waals surface area (Å²) >= 11 is 3.43. The normalized spacial score (nSPS) is 19.8. The second kappa shape index (κ2) is 5.35. The molecule has 0 saturated carbocycles. The average molecular weight is 323 g/mol. The Balaban J connectivity index is 1.97. The van der Waals surface area contributed by atoms with Crippen LogP contribution in [0.2, 0.25) is 0 Å². The Morgan fingerprint density at radius 3 is 2.53 bits per heavy atom. The molecule has 1 amide bonds. The predicted octanol–water partition coefficient (Wildman–Crippen LogP) is 1.62. The summed E-state index contributed by atoms with van der Waals surface area (Å²) in [5.74, 6) is 0.0276. The Morgan fingerprint density at radius 2 is 1.84 bits per heavy atom. The number of ether oxygens (including phenoxy) is 1. The molecule has 1 saturated heterocycles. The first-order chi connectivity index (χ1) is 9.25. The van der Waals surface area contributed by atoms with Gasteiger partial charge in [-0.05, 0) is 17.7 Å². The molecular formula is C14H15BrN2O2. The molecule has 1 N–H and O–H groups in total. The molecule has 1 aromatic carbocycles. The minimum Gasteiger partial charge on any atom is -0.378 e. The summed E-state index contributed by atoms with van der Waals surface area (Å²) in [4.78, 5) is 14.2. The maximum atomic E-state index is 12.1. The Morgan fingerprint density at radius 1 is 1.16 bits per heavy atom. The van der Waals surface area contributed by atoms with Crippen LogP contribution in [0.4, 0.5) is 0 Å². The fraction of sp³-hybridized carbons (Fsp3) is 0.357. The lowest BCUT2D eigenvalue weighted by atomic mass is 10.0. The highest BCUT2D eigenvalue weighted by Gasteiger charge is 2.29. The van der Waals surface area contributed by atoms with E-state index in [1.807, 2.05) is 24.3 Å². The minimum atomic E-state index is 0.0276. The van der Waals surface area contributed by atoms with Gasteiger partial charge < -0.3 is 15.0 Å². The van der Waals surface area contributed by atoms with Gasteiger partial charge >= 0.3 is 0 Å². The third kappa shape index (κ3) is 2.53. The predicted molar refractivity (Wildman–Crippen MR) is 76.5 cm³/mol. The molecule has 0 bridgehead atoms. The van der Waals surface area contributed by atoms with E-state index in [0.717, 1.165) is 34.4 Å². The third-order valence-corrected chi connectivity index (χ3v) is 3.98. The minimum absolute atomic E-state index is 0.0276. The van der Waals surface area contributed by atoms with E-state index >= 15 is 0 Å². The summed E-state index contributed by atoms with van der Waals surface area (Å²) < 4.78 is 6.39. The summed E-state index contributed by atoms with van der Waals surface area (Å²) in [7, 11) is 0. The number of hydrogen-bond acceptors (Lipinski definition) is 3. The number of benzene rings is 1. The van der Waals surface area contributed by atoms with Crippen LogP contribution in [0.1, 0.15) is 5.56 Å². The van der Waals surface area contributed by atoms with E-state index in [2.05, 4.69) is 26.1 Å². The highest BCUT2D eigenvalue weighted by molar-refractivity contribution is 9.10. The summed E-state index contributed by atoms with van der Waals surface area (Å²) in [6.45, 7) is 3.54. The van der Waals surface area contributed by atoms with Crippen LogP contribution in [0.25, 0.3) is 5.57 Å². The van der Waals surface area contributed by atoms with Crippen LogP contribution in [0.3, 0.4) is 0 Å². The zero-order chi connectivity index (χ0) is 13.2. The van der Waals surface area contributed by atoms with Gasteiger partial charge in [-0.2, -0.15) is 0 Å². The number of amides is 1. The van der Waals surface area contributed by atoms with Crippen molar-refractivity contribution in [2.75, 3.05) is 32.8 Å². The van der Waals surface area contributed by atoms with Crippen molar-refractivity contribution in [2.45, 2.75) is 0 Å². The smallest absolute Gasteiger partial charge is 0.268 e. The van der Waals surface area contributed by atoms with E-state index in [1.54, 1.807) is 0 Å². The fourth-order valence-corrected chi connectivity index (χ4v) is 2.75. The first-order valence-electron chi connectivity index (χ1n) is 6.35. The lowest BCUT2D eigenvalue weighted by Gasteiger charge is -2.29. The molecule has 19 heavy (non-hydrogen) atoms. The van der Waals surface area contributed by atoms with Crippen LogP contribution in [-0.2, 0) is 9.53 Å². The van der Waals surface area contributed by atoms with Crippen molar-refractivity contribution in [3.63, 3.8) is 0 Å². The van der Waals surface area contributed by atoms with Gasteiger partial charge in [-0.1, -0.05) is 28.1 Å². The molecular weight excluding hydrogens is 308 g/mol. The standard InChI is InChI=1S/C14H15BrN2O2/c15-11-3-1-10(2-4-11)12-9-16-14(18)13(12)17-5-7-19-8-6-17/h1-4H,5-9H2,(H,16,18). The van der Waals surface area contributed by atoms with E-state index in [9.17, 15) is 4.79 Å². The molecule has 0 aliphatic carbocycles. The van der Waals surface area contributed by atoms with Gasteiger partial charge in [0.15, 0.2) is 0 Å². The molecule has 0 aromatic heterocycles. The molecule has 2 heterocycles. The monoisotopic (exact) mass is 322 g/mol. The van der Waals surface area contributed by atoms with Crippen LogP contribution in [-0.4, -0.2) is 43.7 Å². The van der Waals surface area contributed by atoms with E-state index in [0.29, 0.717) is 19.8 Å². The lowest BCUT2D eigenvalue weighted by Crippen LogP contribution is -2.38. The van der Waals surface area contributed by atoms with Crippen LogP contribution >= 0.6 is 15.9 Å².